The van der Waals surface area contributed by atoms with Crippen LogP contribution in [0.2, 0.25) is 0 Å². The van der Waals surface area contributed by atoms with Crippen LogP contribution in [0.4, 0.5) is 0 Å². The molecule has 8 heteroatoms. The molecule has 0 aliphatic heterocycles. The molecule has 2 aromatic heterocycles. The van der Waals surface area contributed by atoms with Crippen LogP contribution in [0.5, 0.6) is 0 Å². The van der Waals surface area contributed by atoms with E-state index in [2.05, 4.69) is 66.1 Å². The Morgan fingerprint density at radius 2 is 2.00 bits per heavy atom. The summed E-state index contributed by atoms with van der Waals surface area (Å²) in [7, 11) is 0. The van der Waals surface area contributed by atoms with Crippen molar-refractivity contribution in [3.8, 4) is 0 Å². The summed E-state index contributed by atoms with van der Waals surface area (Å²) in [5.41, 5.74) is 2.26. The van der Waals surface area contributed by atoms with Gasteiger partial charge in [-0.1, -0.05) is 32.4 Å². The number of hydrogen-bond acceptors (Lipinski definition) is 6. The van der Waals surface area contributed by atoms with Crippen molar-refractivity contribution in [3.63, 3.8) is 0 Å². The SMILES string of the molecule is CCC(C)(C)n1nnnc1[C@H](C(C)C)N(CCO)Cc1cc2cc(C)ccc2[nH]c1=O. The van der Waals surface area contributed by atoms with E-state index < -0.39 is 0 Å². The van der Waals surface area contributed by atoms with Gasteiger partial charge >= 0.3 is 0 Å². The van der Waals surface area contributed by atoms with Crippen molar-refractivity contribution in [2.45, 2.75) is 66.1 Å². The Labute approximate surface area is 183 Å². The van der Waals surface area contributed by atoms with Gasteiger partial charge in [-0.15, -0.1) is 5.10 Å². The number of aromatic amines is 1. The number of hydrogen-bond donors (Lipinski definition) is 2. The maximum atomic E-state index is 12.8. The molecule has 0 saturated heterocycles. The van der Waals surface area contributed by atoms with Crippen LogP contribution in [0, 0.1) is 12.8 Å². The second-order valence-corrected chi connectivity index (χ2v) is 9.21. The highest BCUT2D eigenvalue weighted by Crippen LogP contribution is 2.31. The topological polar surface area (TPSA) is 99.9 Å². The molecule has 0 bridgehead atoms. The molecule has 31 heavy (non-hydrogen) atoms. The molecular weight excluding hydrogens is 392 g/mol. The van der Waals surface area contributed by atoms with E-state index in [9.17, 15) is 9.90 Å². The van der Waals surface area contributed by atoms with Gasteiger partial charge in [0.25, 0.3) is 5.56 Å². The fourth-order valence-corrected chi connectivity index (χ4v) is 3.99. The number of aryl methyl sites for hydroxylation is 1. The van der Waals surface area contributed by atoms with E-state index in [1.165, 1.54) is 0 Å². The van der Waals surface area contributed by atoms with Crippen LogP contribution in [-0.2, 0) is 12.1 Å². The smallest absolute Gasteiger partial charge is 0.252 e. The highest BCUT2D eigenvalue weighted by Gasteiger charge is 2.33. The summed E-state index contributed by atoms with van der Waals surface area (Å²) in [4.78, 5) is 17.9. The van der Waals surface area contributed by atoms with E-state index in [4.69, 9.17) is 0 Å². The Bertz CT molecular complexity index is 1090. The molecule has 0 aliphatic rings. The molecule has 3 aromatic rings. The lowest BCUT2D eigenvalue weighted by molar-refractivity contribution is 0.0999. The van der Waals surface area contributed by atoms with Crippen molar-refractivity contribution in [3.05, 3.63) is 51.6 Å². The molecule has 2 N–H and O–H groups in total. The number of nitrogens with zero attached hydrogens (tertiary/aromatic N) is 5. The number of nitrogens with one attached hydrogen (secondary N) is 1. The second kappa shape index (κ2) is 9.28. The molecule has 0 spiro atoms. The molecule has 0 fully saturated rings. The zero-order valence-electron chi connectivity index (χ0n) is 19.4. The normalized spacial score (nSPS) is 13.5. The van der Waals surface area contributed by atoms with E-state index >= 15 is 0 Å². The summed E-state index contributed by atoms with van der Waals surface area (Å²) in [6, 6.07) is 7.77. The van der Waals surface area contributed by atoms with E-state index in [0.717, 1.165) is 28.7 Å². The number of fused-ring (bicyclic) bond motifs is 1. The minimum Gasteiger partial charge on any atom is -0.395 e. The number of aliphatic hydroxyl groups is 1. The third-order valence-electron chi connectivity index (χ3n) is 6.06. The monoisotopic (exact) mass is 426 g/mol. The molecule has 3 rings (SSSR count). The molecule has 0 amide bonds. The number of benzene rings is 1. The first kappa shape index (κ1) is 23.1. The summed E-state index contributed by atoms with van der Waals surface area (Å²) >= 11 is 0. The molecule has 8 nitrogen and oxygen atoms in total. The summed E-state index contributed by atoms with van der Waals surface area (Å²) in [6.45, 7) is 13.4. The summed E-state index contributed by atoms with van der Waals surface area (Å²) in [5, 5.41) is 23.4. The maximum absolute atomic E-state index is 12.8. The molecule has 0 unspecified atom stereocenters. The van der Waals surface area contributed by atoms with Gasteiger partial charge in [0.05, 0.1) is 18.2 Å². The first-order valence-electron chi connectivity index (χ1n) is 10.9. The lowest BCUT2D eigenvalue weighted by atomic mass is 9.97. The standard InChI is InChI=1S/C23H34N6O2/c1-7-23(5,6)29-21(25-26-27-29)20(15(2)3)28(10-11-30)14-18-13-17-12-16(4)8-9-19(17)24-22(18)31/h8-9,12-13,15,20,30H,7,10-11,14H2,1-6H3,(H,24,31)/t20-/m0/s1. The molecule has 2 heterocycles. The summed E-state index contributed by atoms with van der Waals surface area (Å²) in [6.07, 6.45) is 0.875. The molecule has 0 aliphatic carbocycles. The maximum Gasteiger partial charge on any atom is 0.252 e. The van der Waals surface area contributed by atoms with Gasteiger partial charge < -0.3 is 10.1 Å². The quantitative estimate of drug-likeness (QED) is 0.545. The Kier molecular flexibility index (Phi) is 6.91. The fraction of sp³-hybridized carbons (Fsp3) is 0.565. The minimum absolute atomic E-state index is 0.0213. The largest absolute Gasteiger partial charge is 0.395 e. The van der Waals surface area contributed by atoms with Crippen LogP contribution in [0.15, 0.2) is 29.1 Å². The van der Waals surface area contributed by atoms with E-state index in [1.54, 1.807) is 0 Å². The molecule has 1 aromatic carbocycles. The van der Waals surface area contributed by atoms with Crippen LogP contribution in [-0.4, -0.2) is 48.3 Å². The van der Waals surface area contributed by atoms with Crippen molar-refractivity contribution in [2.75, 3.05) is 13.2 Å². The van der Waals surface area contributed by atoms with Crippen molar-refractivity contribution < 1.29 is 5.11 Å². The van der Waals surface area contributed by atoms with Crippen LogP contribution in [0.25, 0.3) is 10.9 Å². The molecule has 0 radical (unpaired) electrons. The van der Waals surface area contributed by atoms with E-state index in [1.807, 2.05) is 29.8 Å². The molecule has 0 saturated carbocycles. The van der Waals surface area contributed by atoms with Gasteiger partial charge in [-0.05, 0) is 67.1 Å². The second-order valence-electron chi connectivity index (χ2n) is 9.21. The number of aliphatic hydroxyl groups excluding tert-OH is 1. The van der Waals surface area contributed by atoms with Gasteiger partial charge in [0.1, 0.15) is 0 Å². The third-order valence-corrected chi connectivity index (χ3v) is 6.06. The molecular formula is C23H34N6O2. The lowest BCUT2D eigenvalue weighted by Gasteiger charge is -2.35. The highest BCUT2D eigenvalue weighted by atomic mass is 16.3. The molecule has 168 valence electrons. The number of aromatic nitrogens is 5. The van der Waals surface area contributed by atoms with Crippen molar-refractivity contribution in [2.24, 2.45) is 5.92 Å². The van der Waals surface area contributed by atoms with E-state index in [-0.39, 0.29) is 29.7 Å². The van der Waals surface area contributed by atoms with Gasteiger partial charge in [-0.25, -0.2) is 4.68 Å². The van der Waals surface area contributed by atoms with Crippen LogP contribution < -0.4 is 5.56 Å². The van der Waals surface area contributed by atoms with Crippen LogP contribution >= 0.6 is 0 Å². The number of rotatable bonds is 9. The number of pyridine rings is 1. The first-order chi connectivity index (χ1) is 14.7. The minimum atomic E-state index is -0.241. The summed E-state index contributed by atoms with van der Waals surface area (Å²) < 4.78 is 1.88. The first-order valence-corrected chi connectivity index (χ1v) is 10.9. The van der Waals surface area contributed by atoms with Crippen LogP contribution in [0.3, 0.4) is 0 Å². The van der Waals surface area contributed by atoms with Crippen molar-refractivity contribution in [1.82, 2.24) is 30.1 Å². The van der Waals surface area contributed by atoms with Crippen molar-refractivity contribution >= 4 is 10.9 Å². The van der Waals surface area contributed by atoms with Gasteiger partial charge in [0, 0.05) is 24.2 Å². The van der Waals surface area contributed by atoms with Gasteiger partial charge in [0.15, 0.2) is 5.82 Å². The summed E-state index contributed by atoms with van der Waals surface area (Å²) in [5.74, 6) is 0.925. The highest BCUT2D eigenvalue weighted by molar-refractivity contribution is 5.79. The van der Waals surface area contributed by atoms with Crippen LogP contribution in [0.1, 0.15) is 64.0 Å². The van der Waals surface area contributed by atoms with Crippen molar-refractivity contribution in [1.29, 1.82) is 0 Å². The lowest BCUT2D eigenvalue weighted by Crippen LogP contribution is -2.39. The van der Waals surface area contributed by atoms with Gasteiger partial charge in [-0.3, -0.25) is 9.69 Å². The Balaban J connectivity index is 2.04. The predicted molar refractivity (Wildman–Crippen MR) is 122 cm³/mol. The van der Waals surface area contributed by atoms with Gasteiger partial charge in [-0.2, -0.15) is 0 Å². The molecule has 1 atom stereocenters. The fourth-order valence-electron chi connectivity index (χ4n) is 3.99. The van der Waals surface area contributed by atoms with E-state index in [0.29, 0.717) is 18.7 Å². The Morgan fingerprint density at radius 3 is 2.65 bits per heavy atom. The zero-order chi connectivity index (χ0) is 22.8. The number of H-pyrrole nitrogens is 1. The average molecular weight is 427 g/mol. The number of tetrazole rings is 1. The Morgan fingerprint density at radius 1 is 1.26 bits per heavy atom. The predicted octanol–water partition coefficient (Wildman–Crippen LogP) is 3.16. The van der Waals surface area contributed by atoms with Gasteiger partial charge in [0.2, 0.25) is 0 Å². The average Bonchev–Trinajstić information content (AvgIpc) is 3.19. The zero-order valence-corrected chi connectivity index (χ0v) is 19.4. The third kappa shape index (κ3) is 4.85. The Hall–Kier alpha value is -2.58.